The maximum atomic E-state index is 6.24. The lowest BCUT2D eigenvalue weighted by atomic mass is 10.1. The van der Waals surface area contributed by atoms with Gasteiger partial charge in [0.2, 0.25) is 0 Å². The molecule has 2 aliphatic rings. The summed E-state index contributed by atoms with van der Waals surface area (Å²) in [6, 6.07) is 13.6. The van der Waals surface area contributed by atoms with Gasteiger partial charge in [-0.15, -0.1) is 0 Å². The fraction of sp³-hybridized carbons (Fsp3) is 0.300. The Kier molecular flexibility index (Phi) is 4.76. The van der Waals surface area contributed by atoms with Gasteiger partial charge in [0.1, 0.15) is 5.82 Å². The number of nitrogens with zero attached hydrogens (tertiary/aromatic N) is 3. The zero-order chi connectivity index (χ0) is 18.1. The number of hydrogen-bond donors (Lipinski definition) is 1. The van der Waals surface area contributed by atoms with E-state index in [-0.39, 0.29) is 0 Å². The highest BCUT2D eigenvalue weighted by Crippen LogP contribution is 2.48. The van der Waals surface area contributed by atoms with Crippen LogP contribution in [0, 0.1) is 0 Å². The first-order chi connectivity index (χ1) is 12.6. The summed E-state index contributed by atoms with van der Waals surface area (Å²) >= 11 is 6.24. The molecule has 1 fully saturated rings. The molecular formula is C20H23ClN4O. The smallest absolute Gasteiger partial charge is 0.151 e. The minimum Gasteiger partial charge on any atom is -0.453 e. The molecular weight excluding hydrogens is 348 g/mol. The number of fused-ring (bicyclic) bond motifs is 2. The van der Waals surface area contributed by atoms with E-state index in [1.165, 1.54) is 0 Å². The van der Waals surface area contributed by atoms with E-state index >= 15 is 0 Å². The Hall–Kier alpha value is -2.21. The maximum absolute atomic E-state index is 6.24. The average molecular weight is 371 g/mol. The van der Waals surface area contributed by atoms with Crippen LogP contribution in [0.5, 0.6) is 11.5 Å². The first-order valence-corrected chi connectivity index (χ1v) is 9.20. The van der Waals surface area contributed by atoms with Gasteiger partial charge in [-0.2, -0.15) is 0 Å². The highest BCUT2D eigenvalue weighted by Gasteiger charge is 2.26. The van der Waals surface area contributed by atoms with E-state index in [4.69, 9.17) is 16.3 Å². The first kappa shape index (κ1) is 17.2. The summed E-state index contributed by atoms with van der Waals surface area (Å²) in [4.78, 5) is 6.83. The van der Waals surface area contributed by atoms with Crippen LogP contribution in [0.1, 0.15) is 0 Å². The number of rotatable bonds is 4. The summed E-state index contributed by atoms with van der Waals surface area (Å²) in [5, 5.41) is 4.15. The van der Waals surface area contributed by atoms with E-state index in [1.54, 1.807) is 0 Å². The molecule has 136 valence electrons. The molecule has 2 aromatic rings. The molecule has 1 saturated heterocycles. The number of para-hydroxylation sites is 2. The molecule has 0 aromatic heterocycles. The van der Waals surface area contributed by atoms with Crippen LogP contribution >= 0.6 is 11.6 Å². The maximum Gasteiger partial charge on any atom is 0.151 e. The standard InChI is InChI=1S/C20H23ClN4O/c1-15(22-14-24-11-9-23(2)10-12-24)25-17-5-3-4-6-19(17)26-20-8-7-16(21)13-18(20)25/h3-8,13,22H,1,9-12,14H2,2H3. The minimum atomic E-state index is 0.670. The van der Waals surface area contributed by atoms with Crippen molar-refractivity contribution in [3.05, 3.63) is 59.9 Å². The van der Waals surface area contributed by atoms with Gasteiger partial charge in [-0.3, -0.25) is 9.80 Å². The number of likely N-dealkylation sites (N-methyl/N-ethyl adjacent to an activating group) is 1. The van der Waals surface area contributed by atoms with Crippen molar-refractivity contribution in [2.45, 2.75) is 0 Å². The topological polar surface area (TPSA) is 31.0 Å². The molecule has 0 atom stereocenters. The summed E-state index contributed by atoms with van der Waals surface area (Å²) in [6.45, 7) is 9.34. The third kappa shape index (κ3) is 3.38. The fourth-order valence-electron chi connectivity index (χ4n) is 3.31. The summed E-state index contributed by atoms with van der Waals surface area (Å²) < 4.78 is 6.03. The Morgan fingerprint density at radius 1 is 1.08 bits per heavy atom. The molecule has 0 aliphatic carbocycles. The molecule has 0 spiro atoms. The Balaban J connectivity index is 1.57. The number of benzene rings is 2. The van der Waals surface area contributed by atoms with Crippen molar-refractivity contribution in [1.82, 2.24) is 15.1 Å². The van der Waals surface area contributed by atoms with Crippen LogP contribution in [0.4, 0.5) is 11.4 Å². The van der Waals surface area contributed by atoms with E-state index < -0.39 is 0 Å². The Morgan fingerprint density at radius 3 is 2.62 bits per heavy atom. The SMILES string of the molecule is C=C(NCN1CCN(C)CC1)N1c2ccccc2Oc2ccc(Cl)cc21. The van der Waals surface area contributed by atoms with Crippen LogP contribution < -0.4 is 15.0 Å². The van der Waals surface area contributed by atoms with Gasteiger partial charge >= 0.3 is 0 Å². The van der Waals surface area contributed by atoms with Gasteiger partial charge in [0.25, 0.3) is 0 Å². The molecule has 26 heavy (non-hydrogen) atoms. The van der Waals surface area contributed by atoms with Crippen LogP contribution in [-0.4, -0.2) is 49.7 Å². The molecule has 0 radical (unpaired) electrons. The molecule has 6 heteroatoms. The second-order valence-corrected chi connectivity index (χ2v) is 7.16. The van der Waals surface area contributed by atoms with Crippen molar-refractivity contribution < 1.29 is 4.74 Å². The highest BCUT2D eigenvalue weighted by molar-refractivity contribution is 6.31. The van der Waals surface area contributed by atoms with E-state index in [0.29, 0.717) is 5.02 Å². The number of halogens is 1. The van der Waals surface area contributed by atoms with Gasteiger partial charge in [0, 0.05) is 31.2 Å². The molecule has 2 heterocycles. The van der Waals surface area contributed by atoms with Gasteiger partial charge in [-0.1, -0.05) is 30.3 Å². The quantitative estimate of drug-likeness (QED) is 0.883. The van der Waals surface area contributed by atoms with Crippen molar-refractivity contribution in [2.24, 2.45) is 0 Å². The van der Waals surface area contributed by atoms with Crippen LogP contribution in [0.15, 0.2) is 54.9 Å². The predicted molar refractivity (Wildman–Crippen MR) is 106 cm³/mol. The summed E-state index contributed by atoms with van der Waals surface area (Å²) in [6.07, 6.45) is 0. The number of hydrogen-bond acceptors (Lipinski definition) is 5. The molecule has 0 bridgehead atoms. The lowest BCUT2D eigenvalue weighted by molar-refractivity contribution is 0.148. The largest absolute Gasteiger partial charge is 0.453 e. The highest BCUT2D eigenvalue weighted by atomic mass is 35.5. The van der Waals surface area contributed by atoms with Crippen LogP contribution in [0.25, 0.3) is 0 Å². The molecule has 0 amide bonds. The number of piperazine rings is 1. The number of ether oxygens (including phenoxy) is 1. The predicted octanol–water partition coefficient (Wildman–Crippen LogP) is 3.85. The van der Waals surface area contributed by atoms with Gasteiger partial charge in [-0.05, 0) is 37.4 Å². The van der Waals surface area contributed by atoms with Crippen molar-refractivity contribution in [3.63, 3.8) is 0 Å². The molecule has 0 saturated carbocycles. The van der Waals surface area contributed by atoms with Gasteiger partial charge in [0.05, 0.1) is 18.0 Å². The molecule has 2 aromatic carbocycles. The van der Waals surface area contributed by atoms with E-state index in [2.05, 4.69) is 33.6 Å². The Bertz CT molecular complexity index is 817. The Morgan fingerprint density at radius 2 is 1.81 bits per heavy atom. The molecule has 2 aliphatic heterocycles. The second kappa shape index (κ2) is 7.19. The van der Waals surface area contributed by atoms with Gasteiger partial charge < -0.3 is 15.0 Å². The van der Waals surface area contributed by atoms with Crippen LogP contribution in [0.2, 0.25) is 5.02 Å². The lowest BCUT2D eigenvalue weighted by Crippen LogP contribution is -2.48. The lowest BCUT2D eigenvalue weighted by Gasteiger charge is -2.36. The third-order valence-electron chi connectivity index (χ3n) is 4.86. The molecule has 1 N–H and O–H groups in total. The third-order valence-corrected chi connectivity index (χ3v) is 5.10. The van der Waals surface area contributed by atoms with E-state index in [9.17, 15) is 0 Å². The molecule has 0 unspecified atom stereocenters. The van der Waals surface area contributed by atoms with Crippen LogP contribution in [0.3, 0.4) is 0 Å². The summed E-state index contributed by atoms with van der Waals surface area (Å²) in [5.41, 5.74) is 1.85. The number of nitrogens with one attached hydrogen (secondary N) is 1. The van der Waals surface area contributed by atoms with Crippen molar-refractivity contribution in [3.8, 4) is 11.5 Å². The molecule has 5 nitrogen and oxygen atoms in total. The zero-order valence-electron chi connectivity index (χ0n) is 14.9. The van der Waals surface area contributed by atoms with Gasteiger partial charge in [0.15, 0.2) is 11.5 Å². The summed E-state index contributed by atoms with van der Waals surface area (Å²) in [5.74, 6) is 2.39. The van der Waals surface area contributed by atoms with Crippen molar-refractivity contribution in [1.29, 1.82) is 0 Å². The molecule has 4 rings (SSSR count). The zero-order valence-corrected chi connectivity index (χ0v) is 15.7. The average Bonchev–Trinajstić information content (AvgIpc) is 2.65. The van der Waals surface area contributed by atoms with Crippen LogP contribution in [-0.2, 0) is 0 Å². The van der Waals surface area contributed by atoms with Crippen molar-refractivity contribution in [2.75, 3.05) is 44.8 Å². The minimum absolute atomic E-state index is 0.670. The van der Waals surface area contributed by atoms with E-state index in [1.807, 2.05) is 42.5 Å². The fourth-order valence-corrected chi connectivity index (χ4v) is 3.47. The Labute approximate surface area is 159 Å². The van der Waals surface area contributed by atoms with Gasteiger partial charge in [-0.25, -0.2) is 0 Å². The van der Waals surface area contributed by atoms with Crippen molar-refractivity contribution >= 4 is 23.0 Å². The van der Waals surface area contributed by atoms with E-state index in [0.717, 1.165) is 61.5 Å². The normalized spacial score (nSPS) is 17.2. The second-order valence-electron chi connectivity index (χ2n) is 6.72. The summed E-state index contributed by atoms with van der Waals surface area (Å²) in [7, 11) is 2.16. The number of anilines is 2. The first-order valence-electron chi connectivity index (χ1n) is 8.82. The monoisotopic (exact) mass is 370 g/mol.